The van der Waals surface area contributed by atoms with Gasteiger partial charge in [-0.15, -0.1) is 0 Å². The minimum atomic E-state index is -0.361. The standard InChI is InChI=1S/C20H21BrN4O5/c21-14-11-18-19(30-10-9-29-18)12-15(14)22-20(26)13-23-5-7-24(8-6-23)16-3-1-2-4-17(16)25(27)28/h1-4,11-12H,5-10,13H2,(H,22,26). The van der Waals surface area contributed by atoms with Gasteiger partial charge >= 0.3 is 0 Å². The van der Waals surface area contributed by atoms with Crippen molar-refractivity contribution in [3.8, 4) is 11.5 Å². The van der Waals surface area contributed by atoms with E-state index < -0.39 is 0 Å². The molecule has 2 aliphatic heterocycles. The van der Waals surface area contributed by atoms with Crippen LogP contribution >= 0.6 is 15.9 Å². The second-order valence-corrected chi connectivity index (χ2v) is 7.89. The van der Waals surface area contributed by atoms with Crippen molar-refractivity contribution in [3.05, 3.63) is 51.0 Å². The third-order valence-electron chi connectivity index (χ3n) is 5.06. The molecule has 2 aromatic carbocycles. The van der Waals surface area contributed by atoms with Gasteiger partial charge in [0.2, 0.25) is 5.91 Å². The normalized spacial score (nSPS) is 16.2. The quantitative estimate of drug-likeness (QED) is 0.523. The summed E-state index contributed by atoms with van der Waals surface area (Å²) in [4.78, 5) is 27.5. The SMILES string of the molecule is O=C(CN1CCN(c2ccccc2[N+](=O)[O-])CC1)Nc1cc2c(cc1Br)OCCO2. The number of rotatable bonds is 5. The molecule has 2 aromatic rings. The van der Waals surface area contributed by atoms with E-state index in [4.69, 9.17) is 9.47 Å². The maximum Gasteiger partial charge on any atom is 0.292 e. The van der Waals surface area contributed by atoms with E-state index in [2.05, 4.69) is 21.2 Å². The lowest BCUT2D eigenvalue weighted by Gasteiger charge is -2.35. The molecule has 0 spiro atoms. The Morgan fingerprint density at radius 3 is 2.47 bits per heavy atom. The van der Waals surface area contributed by atoms with Crippen LogP contribution in [0, 0.1) is 10.1 Å². The summed E-state index contributed by atoms with van der Waals surface area (Å²) in [6.07, 6.45) is 0. The van der Waals surface area contributed by atoms with Crippen molar-refractivity contribution in [1.29, 1.82) is 0 Å². The van der Waals surface area contributed by atoms with Crippen LogP contribution in [0.3, 0.4) is 0 Å². The smallest absolute Gasteiger partial charge is 0.292 e. The van der Waals surface area contributed by atoms with Gasteiger partial charge in [0.15, 0.2) is 11.5 Å². The third-order valence-corrected chi connectivity index (χ3v) is 5.72. The topological polar surface area (TPSA) is 97.2 Å². The lowest BCUT2D eigenvalue weighted by molar-refractivity contribution is -0.384. The van der Waals surface area contributed by atoms with Crippen molar-refractivity contribution >= 4 is 38.9 Å². The fourth-order valence-electron chi connectivity index (χ4n) is 3.59. The number of nitro groups is 1. The summed E-state index contributed by atoms with van der Waals surface area (Å²) >= 11 is 3.46. The highest BCUT2D eigenvalue weighted by Gasteiger charge is 2.24. The number of fused-ring (bicyclic) bond motifs is 1. The molecule has 1 saturated heterocycles. The first kappa shape index (κ1) is 20.4. The van der Waals surface area contributed by atoms with Crippen LogP contribution in [-0.4, -0.2) is 61.7 Å². The van der Waals surface area contributed by atoms with Crippen molar-refractivity contribution in [1.82, 2.24) is 4.90 Å². The van der Waals surface area contributed by atoms with Crippen LogP contribution in [0.4, 0.5) is 17.1 Å². The lowest BCUT2D eigenvalue weighted by atomic mass is 10.2. The van der Waals surface area contributed by atoms with Gasteiger partial charge in [0.25, 0.3) is 5.69 Å². The number of carbonyl (C=O) groups is 1. The predicted molar refractivity (Wildman–Crippen MR) is 116 cm³/mol. The summed E-state index contributed by atoms with van der Waals surface area (Å²) in [5.41, 5.74) is 1.35. The molecule has 10 heteroatoms. The zero-order valence-corrected chi connectivity index (χ0v) is 17.8. The molecule has 0 bridgehead atoms. The number of amides is 1. The van der Waals surface area contributed by atoms with E-state index in [1.807, 2.05) is 9.80 Å². The second-order valence-electron chi connectivity index (χ2n) is 7.03. The first-order valence-corrected chi connectivity index (χ1v) is 10.4. The Kier molecular flexibility index (Phi) is 6.05. The molecule has 1 fully saturated rings. The molecule has 4 rings (SSSR count). The Balaban J connectivity index is 1.34. The number of nitro benzene ring substituents is 1. The zero-order chi connectivity index (χ0) is 21.1. The van der Waals surface area contributed by atoms with E-state index in [1.165, 1.54) is 6.07 Å². The van der Waals surface area contributed by atoms with E-state index in [-0.39, 0.29) is 23.1 Å². The first-order chi connectivity index (χ1) is 14.5. The van der Waals surface area contributed by atoms with E-state index in [1.54, 1.807) is 30.3 Å². The first-order valence-electron chi connectivity index (χ1n) is 9.61. The number of hydrogen-bond acceptors (Lipinski definition) is 7. The Hall–Kier alpha value is -2.85. The Labute approximate surface area is 181 Å². The highest BCUT2D eigenvalue weighted by Crippen LogP contribution is 2.38. The molecule has 1 N–H and O–H groups in total. The summed E-state index contributed by atoms with van der Waals surface area (Å²) in [6.45, 7) is 3.74. The van der Waals surface area contributed by atoms with Crippen LogP contribution in [-0.2, 0) is 4.79 Å². The van der Waals surface area contributed by atoms with Gasteiger partial charge in [-0.25, -0.2) is 0 Å². The van der Waals surface area contributed by atoms with Gasteiger partial charge in [-0.3, -0.25) is 19.8 Å². The van der Waals surface area contributed by atoms with Crippen LogP contribution in [0.25, 0.3) is 0 Å². The van der Waals surface area contributed by atoms with E-state index in [9.17, 15) is 14.9 Å². The Morgan fingerprint density at radius 1 is 1.10 bits per heavy atom. The van der Waals surface area contributed by atoms with Gasteiger partial charge < -0.3 is 19.7 Å². The Bertz CT molecular complexity index is 962. The minimum absolute atomic E-state index is 0.104. The zero-order valence-electron chi connectivity index (χ0n) is 16.2. The van der Waals surface area contributed by atoms with E-state index in [0.29, 0.717) is 62.3 Å². The fraction of sp³-hybridized carbons (Fsp3) is 0.350. The molecule has 1 amide bonds. The maximum atomic E-state index is 12.5. The van der Waals surface area contributed by atoms with Crippen LogP contribution < -0.4 is 19.7 Å². The summed E-state index contributed by atoms with van der Waals surface area (Å²) in [5, 5.41) is 14.2. The van der Waals surface area contributed by atoms with Gasteiger partial charge in [0, 0.05) is 48.9 Å². The molecule has 0 unspecified atom stereocenters. The van der Waals surface area contributed by atoms with Gasteiger partial charge in [0.05, 0.1) is 17.2 Å². The number of halogens is 1. The summed E-state index contributed by atoms with van der Waals surface area (Å²) < 4.78 is 11.8. The third kappa shape index (κ3) is 4.49. The molecular formula is C20H21BrN4O5. The molecule has 0 saturated carbocycles. The van der Waals surface area contributed by atoms with Crippen LogP contribution in [0.5, 0.6) is 11.5 Å². The van der Waals surface area contributed by atoms with Gasteiger partial charge in [-0.2, -0.15) is 0 Å². The second kappa shape index (κ2) is 8.88. The lowest BCUT2D eigenvalue weighted by Crippen LogP contribution is -2.48. The molecule has 0 atom stereocenters. The van der Waals surface area contributed by atoms with Crippen molar-refractivity contribution in [2.75, 3.05) is 56.2 Å². The number of benzene rings is 2. The number of carbonyl (C=O) groups excluding carboxylic acids is 1. The molecule has 30 heavy (non-hydrogen) atoms. The maximum absolute atomic E-state index is 12.5. The van der Waals surface area contributed by atoms with Gasteiger partial charge in [-0.1, -0.05) is 12.1 Å². The number of nitrogens with one attached hydrogen (secondary N) is 1. The number of para-hydroxylation sites is 2. The van der Waals surface area contributed by atoms with Crippen LogP contribution in [0.2, 0.25) is 0 Å². The molecule has 0 radical (unpaired) electrons. The number of anilines is 2. The van der Waals surface area contributed by atoms with Crippen LogP contribution in [0.1, 0.15) is 0 Å². The van der Waals surface area contributed by atoms with E-state index in [0.717, 1.165) is 4.47 Å². The minimum Gasteiger partial charge on any atom is -0.486 e. The number of ether oxygens (including phenoxy) is 2. The molecule has 0 aromatic heterocycles. The summed E-state index contributed by atoms with van der Waals surface area (Å²) in [5.74, 6) is 1.13. The van der Waals surface area contributed by atoms with E-state index >= 15 is 0 Å². The molecule has 9 nitrogen and oxygen atoms in total. The van der Waals surface area contributed by atoms with Crippen molar-refractivity contribution in [3.63, 3.8) is 0 Å². The molecule has 158 valence electrons. The fourth-order valence-corrected chi connectivity index (χ4v) is 4.01. The number of nitrogens with zero attached hydrogens (tertiary/aromatic N) is 3. The Morgan fingerprint density at radius 2 is 1.77 bits per heavy atom. The number of hydrogen-bond donors (Lipinski definition) is 1. The highest BCUT2D eigenvalue weighted by molar-refractivity contribution is 9.10. The average molecular weight is 477 g/mol. The average Bonchev–Trinajstić information content (AvgIpc) is 2.75. The van der Waals surface area contributed by atoms with Gasteiger partial charge in [0.1, 0.15) is 18.9 Å². The van der Waals surface area contributed by atoms with Crippen molar-refractivity contribution in [2.24, 2.45) is 0 Å². The monoisotopic (exact) mass is 476 g/mol. The molecule has 2 aliphatic rings. The summed E-state index contributed by atoms with van der Waals surface area (Å²) in [7, 11) is 0. The molecule has 0 aliphatic carbocycles. The van der Waals surface area contributed by atoms with Gasteiger partial charge in [-0.05, 0) is 22.0 Å². The summed E-state index contributed by atoms with van der Waals surface area (Å²) in [6, 6.07) is 10.3. The number of piperazine rings is 1. The van der Waals surface area contributed by atoms with Crippen molar-refractivity contribution < 1.29 is 19.2 Å². The predicted octanol–water partition coefficient (Wildman–Crippen LogP) is 2.89. The largest absolute Gasteiger partial charge is 0.486 e. The highest BCUT2D eigenvalue weighted by atomic mass is 79.9. The molecule has 2 heterocycles. The van der Waals surface area contributed by atoms with Crippen molar-refractivity contribution in [2.45, 2.75) is 0 Å². The van der Waals surface area contributed by atoms with Crippen LogP contribution in [0.15, 0.2) is 40.9 Å². The molecular weight excluding hydrogens is 456 g/mol.